The van der Waals surface area contributed by atoms with Crippen LogP contribution in [0.15, 0.2) is 30.3 Å². The summed E-state index contributed by atoms with van der Waals surface area (Å²) in [6.07, 6.45) is 2.43. The highest BCUT2D eigenvalue weighted by Gasteiger charge is 2.29. The van der Waals surface area contributed by atoms with Crippen LogP contribution in [0.4, 0.5) is 0 Å². The molecule has 1 aromatic heterocycles. The van der Waals surface area contributed by atoms with Crippen LogP contribution in [-0.2, 0) is 0 Å². The van der Waals surface area contributed by atoms with Crippen LogP contribution >= 0.6 is 0 Å². The largest absolute Gasteiger partial charge is 0.497 e. The van der Waals surface area contributed by atoms with Gasteiger partial charge >= 0.3 is 0 Å². The fourth-order valence-electron chi connectivity index (χ4n) is 4.27. The smallest absolute Gasteiger partial charge is 0.253 e. The lowest BCUT2D eigenvalue weighted by Crippen LogP contribution is -2.49. The number of amides is 1. The molecule has 154 valence electrons. The molecule has 1 saturated heterocycles. The number of carbonyl (C=O) groups excluding carboxylic acids is 2. The van der Waals surface area contributed by atoms with Gasteiger partial charge in [-0.3, -0.25) is 14.5 Å². The maximum absolute atomic E-state index is 12.9. The van der Waals surface area contributed by atoms with Gasteiger partial charge in [0.25, 0.3) is 5.91 Å². The number of ether oxygens (including phenoxy) is 1. The van der Waals surface area contributed by atoms with Crippen LogP contribution < -0.4 is 4.74 Å². The van der Waals surface area contributed by atoms with Crippen molar-refractivity contribution in [3.05, 3.63) is 52.8 Å². The van der Waals surface area contributed by atoms with Crippen LogP contribution in [0.2, 0.25) is 0 Å². The number of benzene rings is 1. The van der Waals surface area contributed by atoms with E-state index in [9.17, 15) is 9.59 Å². The molecular formula is C23H29N3O3. The van der Waals surface area contributed by atoms with Gasteiger partial charge in [-0.15, -0.1) is 0 Å². The van der Waals surface area contributed by atoms with E-state index in [4.69, 9.17) is 4.74 Å². The van der Waals surface area contributed by atoms with Gasteiger partial charge in [-0.25, -0.2) is 0 Å². The molecule has 1 amide bonds. The second kappa shape index (κ2) is 8.03. The number of carbonyl (C=O) groups is 2. The van der Waals surface area contributed by atoms with Gasteiger partial charge in [-0.2, -0.15) is 0 Å². The van der Waals surface area contributed by atoms with Gasteiger partial charge in [-0.05, 0) is 57.0 Å². The zero-order valence-corrected chi connectivity index (χ0v) is 17.5. The molecule has 0 unspecified atom stereocenters. The summed E-state index contributed by atoms with van der Waals surface area (Å²) in [5, 5.41) is 0. The van der Waals surface area contributed by atoms with Crippen LogP contribution in [0.3, 0.4) is 0 Å². The third-order valence-electron chi connectivity index (χ3n) is 6.06. The average molecular weight is 396 g/mol. The topological polar surface area (TPSA) is 54.8 Å². The number of aromatic nitrogens is 1. The molecule has 0 radical (unpaired) electrons. The predicted molar refractivity (Wildman–Crippen MR) is 112 cm³/mol. The summed E-state index contributed by atoms with van der Waals surface area (Å²) in [6, 6.07) is 9.84. The Labute approximate surface area is 172 Å². The molecule has 4 rings (SSSR count). The Morgan fingerprint density at radius 2 is 1.69 bits per heavy atom. The van der Waals surface area contributed by atoms with Crippen molar-refractivity contribution >= 4 is 11.7 Å². The number of hydrogen-bond acceptors (Lipinski definition) is 4. The van der Waals surface area contributed by atoms with E-state index >= 15 is 0 Å². The van der Waals surface area contributed by atoms with Crippen LogP contribution in [-0.4, -0.2) is 65.9 Å². The predicted octanol–water partition coefficient (Wildman–Crippen LogP) is 3.09. The lowest BCUT2D eigenvalue weighted by Gasteiger charge is -2.34. The summed E-state index contributed by atoms with van der Waals surface area (Å²) in [5.41, 5.74) is 3.81. The SMILES string of the molecule is COc1ccc(C(=O)N2CCN(CC(=O)c3cc(C)n(C4CC4)c3C)CC2)cc1. The van der Waals surface area contributed by atoms with E-state index in [1.807, 2.05) is 11.0 Å². The number of hydrogen-bond donors (Lipinski definition) is 0. The Bertz CT molecular complexity index is 904. The van der Waals surface area contributed by atoms with Crippen molar-refractivity contribution in [2.24, 2.45) is 0 Å². The zero-order valence-electron chi connectivity index (χ0n) is 17.5. The third-order valence-corrected chi connectivity index (χ3v) is 6.06. The first-order valence-electron chi connectivity index (χ1n) is 10.3. The van der Waals surface area contributed by atoms with Gasteiger partial charge in [0.05, 0.1) is 13.7 Å². The fraction of sp³-hybridized carbons (Fsp3) is 0.478. The number of piperazine rings is 1. The summed E-state index contributed by atoms with van der Waals surface area (Å²) in [4.78, 5) is 29.6. The van der Waals surface area contributed by atoms with Crippen LogP contribution in [0.5, 0.6) is 5.75 Å². The van der Waals surface area contributed by atoms with Crippen molar-refractivity contribution in [1.29, 1.82) is 0 Å². The van der Waals surface area contributed by atoms with Gasteiger partial charge in [0.1, 0.15) is 5.75 Å². The average Bonchev–Trinajstić information content (AvgIpc) is 3.52. The van der Waals surface area contributed by atoms with E-state index in [0.717, 1.165) is 30.1 Å². The fourth-order valence-corrected chi connectivity index (χ4v) is 4.27. The Hall–Kier alpha value is -2.60. The molecule has 29 heavy (non-hydrogen) atoms. The molecule has 6 heteroatoms. The Morgan fingerprint density at radius 1 is 1.03 bits per heavy atom. The molecule has 2 fully saturated rings. The monoisotopic (exact) mass is 395 g/mol. The molecule has 1 saturated carbocycles. The molecule has 0 bridgehead atoms. The van der Waals surface area contributed by atoms with E-state index in [1.165, 1.54) is 18.5 Å². The molecule has 2 aliphatic rings. The lowest BCUT2D eigenvalue weighted by molar-refractivity contribution is 0.0624. The minimum absolute atomic E-state index is 0.0339. The van der Waals surface area contributed by atoms with Crippen molar-refractivity contribution < 1.29 is 14.3 Å². The maximum Gasteiger partial charge on any atom is 0.253 e. The second-order valence-electron chi connectivity index (χ2n) is 8.11. The molecule has 2 heterocycles. The van der Waals surface area contributed by atoms with Gasteiger partial charge in [0.15, 0.2) is 5.78 Å². The molecule has 1 aromatic carbocycles. The molecule has 0 atom stereocenters. The Kier molecular flexibility index (Phi) is 5.46. The number of Topliss-reactive ketones (excluding diaryl/α,β-unsaturated/α-hetero) is 1. The van der Waals surface area contributed by atoms with Crippen molar-refractivity contribution in [2.45, 2.75) is 32.7 Å². The van der Waals surface area contributed by atoms with E-state index < -0.39 is 0 Å². The molecule has 1 aliphatic carbocycles. The summed E-state index contributed by atoms with van der Waals surface area (Å²) >= 11 is 0. The number of aryl methyl sites for hydroxylation is 1. The quantitative estimate of drug-likeness (QED) is 0.706. The molecule has 1 aliphatic heterocycles. The van der Waals surface area contributed by atoms with Gasteiger partial charge in [0, 0.05) is 54.7 Å². The van der Waals surface area contributed by atoms with Crippen molar-refractivity contribution in [2.75, 3.05) is 39.8 Å². The minimum Gasteiger partial charge on any atom is -0.497 e. The third kappa shape index (κ3) is 4.08. The maximum atomic E-state index is 12.9. The van der Waals surface area contributed by atoms with Gasteiger partial charge in [-0.1, -0.05) is 0 Å². The normalized spacial score (nSPS) is 17.4. The van der Waals surface area contributed by atoms with Crippen molar-refractivity contribution in [1.82, 2.24) is 14.4 Å². The lowest BCUT2D eigenvalue weighted by atomic mass is 10.1. The molecule has 0 spiro atoms. The first-order chi connectivity index (χ1) is 14.0. The van der Waals surface area contributed by atoms with E-state index in [2.05, 4.69) is 23.3 Å². The second-order valence-corrected chi connectivity index (χ2v) is 8.11. The highest BCUT2D eigenvalue weighted by Crippen LogP contribution is 2.38. The standard InChI is InChI=1S/C23H29N3O3/c1-16-14-21(17(2)26(16)19-6-7-19)22(27)15-24-10-12-25(13-11-24)23(28)18-4-8-20(29-3)9-5-18/h4-5,8-9,14,19H,6-7,10-13,15H2,1-3H3. The van der Waals surface area contributed by atoms with Crippen LogP contribution in [0.25, 0.3) is 0 Å². The van der Waals surface area contributed by atoms with Crippen molar-refractivity contribution in [3.8, 4) is 5.75 Å². The first-order valence-corrected chi connectivity index (χ1v) is 10.3. The molecule has 6 nitrogen and oxygen atoms in total. The highest BCUT2D eigenvalue weighted by atomic mass is 16.5. The minimum atomic E-state index is 0.0339. The summed E-state index contributed by atoms with van der Waals surface area (Å²) in [6.45, 7) is 7.28. The molecule has 2 aromatic rings. The zero-order chi connectivity index (χ0) is 20.5. The highest BCUT2D eigenvalue weighted by molar-refractivity contribution is 5.99. The van der Waals surface area contributed by atoms with E-state index in [-0.39, 0.29) is 11.7 Å². The number of ketones is 1. The van der Waals surface area contributed by atoms with Gasteiger partial charge < -0.3 is 14.2 Å². The first kappa shape index (κ1) is 19.7. The van der Waals surface area contributed by atoms with Crippen LogP contribution in [0, 0.1) is 13.8 Å². The molecule has 0 N–H and O–H groups in total. The summed E-state index contributed by atoms with van der Waals surface area (Å²) in [5.74, 6) is 0.956. The Morgan fingerprint density at radius 3 is 2.28 bits per heavy atom. The van der Waals surface area contributed by atoms with Crippen molar-refractivity contribution in [3.63, 3.8) is 0 Å². The molecular weight excluding hydrogens is 366 g/mol. The number of rotatable bonds is 6. The van der Waals surface area contributed by atoms with Gasteiger partial charge in [0.2, 0.25) is 0 Å². The van der Waals surface area contributed by atoms with E-state index in [0.29, 0.717) is 31.2 Å². The Balaban J connectivity index is 1.33. The number of methoxy groups -OCH3 is 1. The van der Waals surface area contributed by atoms with Crippen LogP contribution in [0.1, 0.15) is 51.0 Å². The van der Waals surface area contributed by atoms with E-state index in [1.54, 1.807) is 31.4 Å². The summed E-state index contributed by atoms with van der Waals surface area (Å²) in [7, 11) is 1.61. The summed E-state index contributed by atoms with van der Waals surface area (Å²) < 4.78 is 7.47. The number of nitrogens with zero attached hydrogens (tertiary/aromatic N) is 3.